The lowest BCUT2D eigenvalue weighted by Crippen LogP contribution is -2.44. The van der Waals surface area contributed by atoms with Crippen LogP contribution in [-0.4, -0.2) is 75.7 Å². The number of rotatable bonds is 8. The SMILES string of the molecule is CCc1c2c(nc3ccc(OC(=O)N4CCC(Oc5ccc(-n6c(-c7cc(C(C)C)c(O)cc7O)cnc6O)cc5)CC4)cc13)-c1cc3c(c(=O)n1C2)COC(=O)[C@]3(O)CC. The van der Waals surface area contributed by atoms with Gasteiger partial charge in [-0.05, 0) is 84.5 Å². The van der Waals surface area contributed by atoms with E-state index in [0.29, 0.717) is 83.3 Å². The van der Waals surface area contributed by atoms with Gasteiger partial charge in [-0.1, -0.05) is 27.7 Å². The number of hydrogen-bond acceptors (Lipinski definition) is 12. The molecule has 1 fully saturated rings. The van der Waals surface area contributed by atoms with Crippen molar-refractivity contribution >= 4 is 23.0 Å². The summed E-state index contributed by atoms with van der Waals surface area (Å²) in [4.78, 5) is 50.4. The van der Waals surface area contributed by atoms with Crippen LogP contribution in [0.4, 0.5) is 4.79 Å². The molecule has 0 radical (unpaired) electrons. The van der Waals surface area contributed by atoms with E-state index in [1.807, 2.05) is 20.8 Å². The maximum absolute atomic E-state index is 13.7. The van der Waals surface area contributed by atoms with Crippen LogP contribution in [0, 0.1) is 0 Å². The van der Waals surface area contributed by atoms with Crippen molar-refractivity contribution in [1.82, 2.24) is 24.0 Å². The molecule has 3 aromatic carbocycles. The van der Waals surface area contributed by atoms with Gasteiger partial charge in [-0.25, -0.2) is 19.6 Å². The molecule has 0 aliphatic carbocycles. The number of nitrogens with zero attached hydrogens (tertiary/aromatic N) is 5. The van der Waals surface area contributed by atoms with Crippen LogP contribution < -0.4 is 15.0 Å². The fourth-order valence-electron chi connectivity index (χ4n) is 8.84. The zero-order chi connectivity index (χ0) is 42.9. The Morgan fingerprint density at radius 3 is 2.38 bits per heavy atom. The van der Waals surface area contributed by atoms with Gasteiger partial charge < -0.3 is 44.1 Å². The van der Waals surface area contributed by atoms with E-state index in [1.165, 1.54) is 16.8 Å². The number of hydrogen-bond donors (Lipinski definition) is 4. The maximum atomic E-state index is 13.7. The molecule has 1 amide bonds. The lowest BCUT2D eigenvalue weighted by atomic mass is 9.86. The summed E-state index contributed by atoms with van der Waals surface area (Å²) < 4.78 is 20.5. The third-order valence-electron chi connectivity index (χ3n) is 12.2. The number of aromatic nitrogens is 4. The Bertz CT molecular complexity index is 2820. The van der Waals surface area contributed by atoms with E-state index in [4.69, 9.17) is 19.2 Å². The van der Waals surface area contributed by atoms with Gasteiger partial charge in [0.05, 0.1) is 46.6 Å². The lowest BCUT2D eigenvalue weighted by molar-refractivity contribution is -0.172. The van der Waals surface area contributed by atoms with E-state index in [0.717, 1.165) is 16.5 Å². The van der Waals surface area contributed by atoms with Crippen molar-refractivity contribution in [2.24, 2.45) is 0 Å². The number of piperidine rings is 1. The van der Waals surface area contributed by atoms with Crippen molar-refractivity contribution < 1.29 is 44.2 Å². The molecule has 15 nitrogen and oxygen atoms in total. The standard InChI is InChI=1S/C46H45N5O10/c1-5-29-31-17-28(11-12-36(31)48-41-33(29)22-50-37(41)19-35-34(42(50)54)23-59-43(55)46(35,58)6-2)61-45(57)49-15-13-27(14-16-49)60-26-9-7-25(8-10-26)51-38(21-47-44(51)56)32-18-30(24(3)4)39(52)20-40(32)53/h7-12,17-21,24,27,52-53,58H,5-6,13-16,22-23H2,1-4H3,(H,47,56)/t46-/m0/s1. The smallest absolute Gasteiger partial charge is 0.415 e. The van der Waals surface area contributed by atoms with Gasteiger partial charge in [0.2, 0.25) is 0 Å². The van der Waals surface area contributed by atoms with Crippen molar-refractivity contribution in [3.05, 3.63) is 105 Å². The van der Waals surface area contributed by atoms with E-state index in [2.05, 4.69) is 4.98 Å². The van der Waals surface area contributed by atoms with Gasteiger partial charge in [0.1, 0.15) is 35.7 Å². The summed E-state index contributed by atoms with van der Waals surface area (Å²) in [6.45, 7) is 8.48. The van der Waals surface area contributed by atoms with Gasteiger partial charge >= 0.3 is 12.1 Å². The number of aromatic hydroxyl groups is 3. The number of phenols is 2. The monoisotopic (exact) mass is 827 g/mol. The van der Waals surface area contributed by atoms with E-state index < -0.39 is 17.7 Å². The molecule has 1 saturated heterocycles. The molecule has 1 atom stereocenters. The number of cyclic esters (lactones) is 1. The highest BCUT2D eigenvalue weighted by atomic mass is 16.6. The fourth-order valence-corrected chi connectivity index (χ4v) is 8.84. The van der Waals surface area contributed by atoms with Gasteiger partial charge in [0.15, 0.2) is 5.60 Å². The normalized spacial score (nSPS) is 17.3. The zero-order valence-corrected chi connectivity index (χ0v) is 34.1. The van der Waals surface area contributed by atoms with Crippen molar-refractivity contribution in [1.29, 1.82) is 0 Å². The highest BCUT2D eigenvalue weighted by Crippen LogP contribution is 2.42. The number of benzene rings is 3. The van der Waals surface area contributed by atoms with E-state index in [9.17, 15) is 34.8 Å². The first-order valence-electron chi connectivity index (χ1n) is 20.5. The Morgan fingerprint density at radius 1 is 0.934 bits per heavy atom. The first kappa shape index (κ1) is 39.6. The van der Waals surface area contributed by atoms with Gasteiger partial charge in [0.25, 0.3) is 11.6 Å². The molecular formula is C46H45N5O10. The molecule has 0 saturated carbocycles. The molecule has 9 rings (SSSR count). The average Bonchev–Trinajstić information content (AvgIpc) is 3.82. The summed E-state index contributed by atoms with van der Waals surface area (Å²) in [7, 11) is 0. The molecule has 4 N–H and O–H groups in total. The Hall–Kier alpha value is -6.87. The summed E-state index contributed by atoms with van der Waals surface area (Å²) in [5.41, 5.74) is 4.03. The minimum atomic E-state index is -1.91. The van der Waals surface area contributed by atoms with E-state index >= 15 is 0 Å². The largest absolute Gasteiger partial charge is 0.508 e. The van der Waals surface area contributed by atoms with Crippen molar-refractivity contribution in [3.8, 4) is 57.3 Å². The first-order chi connectivity index (χ1) is 29.3. The first-order valence-corrected chi connectivity index (χ1v) is 20.5. The number of esters is 1. The molecule has 3 aromatic heterocycles. The number of pyridine rings is 2. The predicted molar refractivity (Wildman–Crippen MR) is 223 cm³/mol. The van der Waals surface area contributed by atoms with Crippen molar-refractivity contribution in [3.63, 3.8) is 0 Å². The second-order valence-electron chi connectivity index (χ2n) is 16.1. The molecule has 314 valence electrons. The fraction of sp³-hybridized carbons (Fsp3) is 0.326. The summed E-state index contributed by atoms with van der Waals surface area (Å²) in [5.74, 6) is 0.0613. The highest BCUT2D eigenvalue weighted by molar-refractivity contribution is 5.90. The Kier molecular flexibility index (Phi) is 9.73. The lowest BCUT2D eigenvalue weighted by Gasteiger charge is -2.31. The van der Waals surface area contributed by atoms with Crippen LogP contribution >= 0.6 is 0 Å². The molecule has 61 heavy (non-hydrogen) atoms. The summed E-state index contributed by atoms with van der Waals surface area (Å²) >= 11 is 0. The Morgan fingerprint density at radius 2 is 1.67 bits per heavy atom. The summed E-state index contributed by atoms with van der Waals surface area (Å²) in [6.07, 6.45) is 2.67. The van der Waals surface area contributed by atoms with Gasteiger partial charge in [-0.3, -0.25) is 9.36 Å². The second kappa shape index (κ2) is 15.0. The van der Waals surface area contributed by atoms with Crippen LogP contribution in [0.2, 0.25) is 0 Å². The van der Waals surface area contributed by atoms with E-state index in [-0.39, 0.29) is 65.8 Å². The molecule has 0 bridgehead atoms. The number of carbonyl (C=O) groups is 2. The predicted octanol–water partition coefficient (Wildman–Crippen LogP) is 6.78. The topological polar surface area (TPSA) is 199 Å². The van der Waals surface area contributed by atoms with Crippen LogP contribution in [0.1, 0.15) is 80.7 Å². The molecule has 15 heteroatoms. The average molecular weight is 828 g/mol. The maximum Gasteiger partial charge on any atom is 0.415 e. The minimum absolute atomic E-state index is 0.00118. The zero-order valence-electron chi connectivity index (χ0n) is 34.1. The molecule has 6 aromatic rings. The molecular weight excluding hydrogens is 783 g/mol. The number of aryl methyl sites for hydroxylation is 1. The molecule has 3 aliphatic rings. The van der Waals surface area contributed by atoms with Gasteiger partial charge in [-0.2, -0.15) is 0 Å². The van der Waals surface area contributed by atoms with Gasteiger partial charge in [-0.15, -0.1) is 0 Å². The molecule has 0 spiro atoms. The van der Waals surface area contributed by atoms with E-state index in [1.54, 1.807) is 71.0 Å². The molecule has 0 unspecified atom stereocenters. The third kappa shape index (κ3) is 6.59. The number of amides is 1. The second-order valence-corrected chi connectivity index (χ2v) is 16.1. The van der Waals surface area contributed by atoms with Crippen LogP contribution in [0.15, 0.2) is 71.7 Å². The summed E-state index contributed by atoms with van der Waals surface area (Å²) in [6, 6.07) is 16.9. The van der Waals surface area contributed by atoms with Crippen LogP contribution in [-0.2, 0) is 34.7 Å². The van der Waals surface area contributed by atoms with Crippen LogP contribution in [0.5, 0.6) is 29.0 Å². The number of fused-ring (bicyclic) bond motifs is 5. The Labute approximate surface area is 350 Å². The number of phenolic OH excluding ortho intramolecular Hbond substituents is 2. The third-order valence-corrected chi connectivity index (χ3v) is 12.2. The van der Waals surface area contributed by atoms with Crippen LogP contribution in [0.3, 0.4) is 0 Å². The number of ether oxygens (including phenoxy) is 3. The van der Waals surface area contributed by atoms with Crippen molar-refractivity contribution in [2.75, 3.05) is 13.1 Å². The number of likely N-dealkylation sites (tertiary alicyclic amines) is 1. The van der Waals surface area contributed by atoms with Crippen molar-refractivity contribution in [2.45, 2.75) is 84.2 Å². The van der Waals surface area contributed by atoms with Gasteiger partial charge in [0, 0.05) is 54.1 Å². The molecule has 6 heterocycles. The number of imidazole rings is 1. The summed E-state index contributed by atoms with van der Waals surface area (Å²) in [5, 5.41) is 43.8. The highest BCUT2D eigenvalue weighted by Gasteiger charge is 2.45. The minimum Gasteiger partial charge on any atom is -0.508 e. The number of aliphatic hydroxyl groups is 1. The molecule has 3 aliphatic heterocycles. The Balaban J connectivity index is 0.866. The van der Waals surface area contributed by atoms with Crippen LogP contribution in [0.25, 0.3) is 39.2 Å². The number of carbonyl (C=O) groups excluding carboxylic acids is 2. The quantitative estimate of drug-likeness (QED) is 0.117.